The zero-order chi connectivity index (χ0) is 14.6. The van der Waals surface area contributed by atoms with E-state index in [1.165, 1.54) is 17.6 Å². The molecule has 0 aliphatic heterocycles. The number of nitrogens with one attached hydrogen (secondary N) is 2. The minimum Gasteiger partial charge on any atom is -0.289 e. The molecule has 1 amide bonds. The van der Waals surface area contributed by atoms with Crippen LogP contribution >= 0.6 is 15.9 Å². The van der Waals surface area contributed by atoms with E-state index >= 15 is 0 Å². The predicted molar refractivity (Wildman–Crippen MR) is 73.0 cm³/mol. The van der Waals surface area contributed by atoms with Crippen molar-refractivity contribution in [3.05, 3.63) is 28.7 Å². The van der Waals surface area contributed by atoms with Gasteiger partial charge in [0, 0.05) is 4.47 Å². The number of hydrogen-bond acceptors (Lipinski definition) is 4. The molecule has 0 spiro atoms. The summed E-state index contributed by atoms with van der Waals surface area (Å²) < 4.78 is 27.1. The lowest BCUT2D eigenvalue weighted by Gasteiger charge is -2.20. The van der Waals surface area contributed by atoms with E-state index in [1.54, 1.807) is 26.0 Å². The molecule has 1 aromatic carbocycles. The van der Waals surface area contributed by atoms with Gasteiger partial charge in [-0.15, -0.1) is 0 Å². The average Bonchev–Trinajstić information content (AvgIpc) is 2.35. The normalized spacial score (nSPS) is 13.3. The van der Waals surface area contributed by atoms with Crippen molar-refractivity contribution in [1.29, 1.82) is 0 Å². The van der Waals surface area contributed by atoms with Gasteiger partial charge >= 0.3 is 0 Å². The highest BCUT2D eigenvalue weighted by Gasteiger charge is 2.28. The van der Waals surface area contributed by atoms with Crippen LogP contribution in [0.1, 0.15) is 13.8 Å². The Labute approximate surface area is 120 Å². The van der Waals surface area contributed by atoms with Gasteiger partial charge in [-0.05, 0) is 24.1 Å². The van der Waals surface area contributed by atoms with E-state index in [1.807, 2.05) is 0 Å². The molecule has 1 unspecified atom stereocenters. The molecule has 0 saturated carbocycles. The molecule has 1 rings (SSSR count). The van der Waals surface area contributed by atoms with Gasteiger partial charge in [-0.3, -0.25) is 10.0 Å². The number of carbonyl (C=O) groups excluding carboxylic acids is 1. The van der Waals surface area contributed by atoms with E-state index in [0.717, 1.165) is 0 Å². The van der Waals surface area contributed by atoms with Crippen molar-refractivity contribution in [1.82, 2.24) is 10.2 Å². The van der Waals surface area contributed by atoms with Crippen molar-refractivity contribution in [3.63, 3.8) is 0 Å². The highest BCUT2D eigenvalue weighted by atomic mass is 79.9. The number of benzene rings is 1. The fourth-order valence-corrected chi connectivity index (χ4v) is 3.37. The molecule has 106 valence electrons. The smallest absolute Gasteiger partial charge is 0.261 e. The monoisotopic (exact) mass is 350 g/mol. The highest BCUT2D eigenvalue weighted by Crippen LogP contribution is 2.17. The van der Waals surface area contributed by atoms with E-state index < -0.39 is 22.0 Å². The number of hydrogen-bond donors (Lipinski definition) is 3. The van der Waals surface area contributed by atoms with Crippen LogP contribution in [0, 0.1) is 5.92 Å². The Bertz CT molecular complexity index is 560. The Balaban J connectivity index is 3.04. The Hall–Kier alpha value is -0.960. The molecule has 1 atom stereocenters. The fraction of sp³-hybridized carbons (Fsp3) is 0.364. The van der Waals surface area contributed by atoms with E-state index in [4.69, 9.17) is 5.21 Å². The van der Waals surface area contributed by atoms with Gasteiger partial charge in [0.15, 0.2) is 0 Å². The third-order valence-corrected chi connectivity index (χ3v) is 4.38. The largest absolute Gasteiger partial charge is 0.289 e. The first-order valence-electron chi connectivity index (χ1n) is 5.50. The van der Waals surface area contributed by atoms with Crippen LogP contribution in [0.25, 0.3) is 0 Å². The minimum absolute atomic E-state index is 0.0401. The second-order valence-corrected chi connectivity index (χ2v) is 6.91. The van der Waals surface area contributed by atoms with Gasteiger partial charge in [-0.25, -0.2) is 13.9 Å². The van der Waals surface area contributed by atoms with Crippen LogP contribution in [0.4, 0.5) is 0 Å². The van der Waals surface area contributed by atoms with Crippen LogP contribution in [0.15, 0.2) is 33.6 Å². The molecule has 6 nitrogen and oxygen atoms in total. The van der Waals surface area contributed by atoms with E-state index in [9.17, 15) is 13.2 Å². The molecule has 0 saturated heterocycles. The number of amides is 1. The molecule has 0 aliphatic carbocycles. The zero-order valence-electron chi connectivity index (χ0n) is 10.4. The first-order chi connectivity index (χ1) is 8.77. The van der Waals surface area contributed by atoms with Crippen LogP contribution in [0.3, 0.4) is 0 Å². The number of carbonyl (C=O) groups is 1. The topological polar surface area (TPSA) is 95.5 Å². The summed E-state index contributed by atoms with van der Waals surface area (Å²) >= 11 is 3.18. The van der Waals surface area contributed by atoms with Crippen molar-refractivity contribution in [2.75, 3.05) is 0 Å². The standard InChI is InChI=1S/C11H15BrN2O4S/c1-7(2)10(11(15)13-16)14-19(17,18)9-5-3-4-8(12)6-9/h3-7,10,14,16H,1-2H3,(H,13,15). The van der Waals surface area contributed by atoms with Gasteiger partial charge < -0.3 is 0 Å². The van der Waals surface area contributed by atoms with Crippen molar-refractivity contribution in [2.45, 2.75) is 24.8 Å². The molecule has 0 bridgehead atoms. The van der Waals surface area contributed by atoms with Crippen LogP contribution < -0.4 is 10.2 Å². The maximum Gasteiger partial charge on any atom is 0.261 e. The van der Waals surface area contributed by atoms with Crippen molar-refractivity contribution >= 4 is 31.9 Å². The summed E-state index contributed by atoms with van der Waals surface area (Å²) in [6, 6.07) is 5.07. The van der Waals surface area contributed by atoms with Crippen LogP contribution in [0.2, 0.25) is 0 Å². The second kappa shape index (κ2) is 6.47. The van der Waals surface area contributed by atoms with Gasteiger partial charge in [0.05, 0.1) is 4.90 Å². The van der Waals surface area contributed by atoms with Gasteiger partial charge in [-0.1, -0.05) is 35.8 Å². The van der Waals surface area contributed by atoms with E-state index in [0.29, 0.717) is 4.47 Å². The van der Waals surface area contributed by atoms with Crippen molar-refractivity contribution in [2.24, 2.45) is 5.92 Å². The lowest BCUT2D eigenvalue weighted by molar-refractivity contribution is -0.131. The molecule has 0 aromatic heterocycles. The molecule has 0 radical (unpaired) electrons. The lowest BCUT2D eigenvalue weighted by atomic mass is 10.1. The van der Waals surface area contributed by atoms with Gasteiger partial charge in [0.2, 0.25) is 10.0 Å². The molecule has 0 heterocycles. The number of sulfonamides is 1. The molecular formula is C11H15BrN2O4S. The third-order valence-electron chi connectivity index (χ3n) is 2.45. The van der Waals surface area contributed by atoms with Gasteiger partial charge in [-0.2, -0.15) is 4.72 Å². The highest BCUT2D eigenvalue weighted by molar-refractivity contribution is 9.10. The summed E-state index contributed by atoms with van der Waals surface area (Å²) in [6.07, 6.45) is 0. The Morgan fingerprint density at radius 3 is 2.47 bits per heavy atom. The number of hydroxylamine groups is 1. The van der Waals surface area contributed by atoms with E-state index in [-0.39, 0.29) is 10.8 Å². The Morgan fingerprint density at radius 1 is 1.37 bits per heavy atom. The SMILES string of the molecule is CC(C)C(NS(=O)(=O)c1cccc(Br)c1)C(=O)NO. The summed E-state index contributed by atoms with van der Waals surface area (Å²) in [5.74, 6) is -1.11. The predicted octanol–water partition coefficient (Wildman–Crippen LogP) is 1.26. The molecule has 19 heavy (non-hydrogen) atoms. The van der Waals surface area contributed by atoms with Gasteiger partial charge in [0.25, 0.3) is 5.91 Å². The zero-order valence-corrected chi connectivity index (χ0v) is 12.8. The first-order valence-corrected chi connectivity index (χ1v) is 7.77. The van der Waals surface area contributed by atoms with E-state index in [2.05, 4.69) is 20.7 Å². The maximum absolute atomic E-state index is 12.1. The molecule has 0 fully saturated rings. The van der Waals surface area contributed by atoms with Crippen LogP contribution in [0.5, 0.6) is 0 Å². The summed E-state index contributed by atoms with van der Waals surface area (Å²) in [7, 11) is -3.83. The average molecular weight is 351 g/mol. The Morgan fingerprint density at radius 2 is 2.00 bits per heavy atom. The second-order valence-electron chi connectivity index (χ2n) is 4.28. The number of rotatable bonds is 5. The Kier molecular flexibility index (Phi) is 5.48. The van der Waals surface area contributed by atoms with Gasteiger partial charge in [0.1, 0.15) is 6.04 Å². The lowest BCUT2D eigenvalue weighted by Crippen LogP contribution is -2.48. The fourth-order valence-electron chi connectivity index (χ4n) is 1.43. The third kappa shape index (κ3) is 4.27. The number of halogens is 1. The van der Waals surface area contributed by atoms with Crippen molar-refractivity contribution < 1.29 is 18.4 Å². The molecule has 0 aliphatic rings. The minimum atomic E-state index is -3.83. The molecule has 3 N–H and O–H groups in total. The van der Waals surface area contributed by atoms with Crippen LogP contribution in [-0.4, -0.2) is 25.6 Å². The summed E-state index contributed by atoms with van der Waals surface area (Å²) in [4.78, 5) is 11.5. The van der Waals surface area contributed by atoms with Crippen LogP contribution in [-0.2, 0) is 14.8 Å². The summed E-state index contributed by atoms with van der Waals surface area (Å²) in [5.41, 5.74) is 1.46. The summed E-state index contributed by atoms with van der Waals surface area (Å²) in [5, 5.41) is 8.62. The quantitative estimate of drug-likeness (QED) is 0.550. The molecule has 8 heteroatoms. The summed E-state index contributed by atoms with van der Waals surface area (Å²) in [6.45, 7) is 3.34. The molecule has 1 aromatic rings. The first kappa shape index (κ1) is 16.1. The molecular weight excluding hydrogens is 336 g/mol. The van der Waals surface area contributed by atoms with Crippen molar-refractivity contribution in [3.8, 4) is 0 Å². The maximum atomic E-state index is 12.1.